The Kier molecular flexibility index (Phi) is 7.55. The van der Waals surface area contributed by atoms with Crippen molar-refractivity contribution in [3.63, 3.8) is 0 Å². The van der Waals surface area contributed by atoms with Crippen LogP contribution in [0.3, 0.4) is 0 Å². The van der Waals surface area contributed by atoms with E-state index in [0.717, 1.165) is 67.8 Å². The average Bonchev–Trinajstić information content (AvgIpc) is 3.20. The monoisotopic (exact) mass is 437 g/mol. The Morgan fingerprint density at radius 3 is 2.62 bits per heavy atom. The molecule has 32 heavy (non-hydrogen) atoms. The number of benzene rings is 2. The molecular formula is C26H32FN3O2. The average molecular weight is 438 g/mol. The summed E-state index contributed by atoms with van der Waals surface area (Å²) in [7, 11) is 0. The molecule has 2 aromatic carbocycles. The van der Waals surface area contributed by atoms with Crippen molar-refractivity contribution in [2.75, 3.05) is 39.4 Å². The second-order valence-corrected chi connectivity index (χ2v) is 8.35. The quantitative estimate of drug-likeness (QED) is 0.512. The van der Waals surface area contributed by atoms with Crippen LogP contribution in [0.15, 0.2) is 54.7 Å². The summed E-state index contributed by atoms with van der Waals surface area (Å²) in [6, 6.07) is 14.8. The lowest BCUT2D eigenvalue weighted by Crippen LogP contribution is -2.38. The maximum atomic E-state index is 13.6. The second kappa shape index (κ2) is 10.7. The Labute approximate surface area is 189 Å². The van der Waals surface area contributed by atoms with Crippen LogP contribution in [0.1, 0.15) is 36.8 Å². The molecule has 6 heteroatoms. The first kappa shape index (κ1) is 22.5. The number of nitrogens with zero attached hydrogens (tertiary/aromatic N) is 2. The number of morpholine rings is 1. The molecule has 0 aliphatic carbocycles. The standard InChI is InChI=1S/C26H32FN3O2/c1-2-30-19-24(22-6-3-4-7-25(22)30)23(20-8-10-21(27)11-9-20)18-26(31)28-12-5-13-29-14-16-32-17-15-29/h3-4,6-11,19,23H,2,5,12-18H2,1H3,(H,28,31). The van der Waals surface area contributed by atoms with E-state index in [0.29, 0.717) is 13.0 Å². The van der Waals surface area contributed by atoms with Crippen molar-refractivity contribution in [2.24, 2.45) is 0 Å². The highest BCUT2D eigenvalue weighted by molar-refractivity contribution is 5.86. The summed E-state index contributed by atoms with van der Waals surface area (Å²) in [6.45, 7) is 8.09. The Morgan fingerprint density at radius 2 is 1.88 bits per heavy atom. The Balaban J connectivity index is 1.48. The van der Waals surface area contributed by atoms with Crippen molar-refractivity contribution >= 4 is 16.8 Å². The smallest absolute Gasteiger partial charge is 0.220 e. The molecule has 1 N–H and O–H groups in total. The number of fused-ring (bicyclic) bond motifs is 1. The normalized spacial score (nSPS) is 15.7. The maximum Gasteiger partial charge on any atom is 0.220 e. The molecule has 2 heterocycles. The lowest BCUT2D eigenvalue weighted by Gasteiger charge is -2.26. The van der Waals surface area contributed by atoms with Crippen LogP contribution in [0.25, 0.3) is 10.9 Å². The highest BCUT2D eigenvalue weighted by atomic mass is 19.1. The number of carbonyl (C=O) groups is 1. The molecule has 1 aliphatic heterocycles. The number of aromatic nitrogens is 1. The molecule has 1 saturated heterocycles. The summed E-state index contributed by atoms with van der Waals surface area (Å²) in [4.78, 5) is 15.3. The van der Waals surface area contributed by atoms with Crippen LogP contribution in [0, 0.1) is 5.82 Å². The van der Waals surface area contributed by atoms with Gasteiger partial charge in [-0.1, -0.05) is 30.3 Å². The summed E-state index contributed by atoms with van der Waals surface area (Å²) >= 11 is 0. The molecule has 170 valence electrons. The molecule has 0 spiro atoms. The minimum Gasteiger partial charge on any atom is -0.379 e. The molecule has 1 amide bonds. The topological polar surface area (TPSA) is 46.5 Å². The summed E-state index contributed by atoms with van der Waals surface area (Å²) < 4.78 is 21.2. The van der Waals surface area contributed by atoms with Crippen LogP contribution >= 0.6 is 0 Å². The minimum absolute atomic E-state index is 0.0228. The highest BCUT2D eigenvalue weighted by Crippen LogP contribution is 2.34. The van der Waals surface area contributed by atoms with Crippen LogP contribution in [0.2, 0.25) is 0 Å². The van der Waals surface area contributed by atoms with Gasteiger partial charge in [0.15, 0.2) is 0 Å². The van der Waals surface area contributed by atoms with Gasteiger partial charge in [0.25, 0.3) is 0 Å². The number of carbonyl (C=O) groups excluding carboxylic acids is 1. The molecule has 4 rings (SSSR count). The van der Waals surface area contributed by atoms with E-state index < -0.39 is 0 Å². The molecule has 5 nitrogen and oxygen atoms in total. The van der Waals surface area contributed by atoms with Crippen LogP contribution in [0.4, 0.5) is 4.39 Å². The fourth-order valence-corrected chi connectivity index (χ4v) is 4.53. The van der Waals surface area contributed by atoms with Gasteiger partial charge < -0.3 is 14.6 Å². The number of nitrogens with one attached hydrogen (secondary N) is 1. The first-order valence-corrected chi connectivity index (χ1v) is 11.6. The molecule has 0 saturated carbocycles. The number of amides is 1. The Morgan fingerprint density at radius 1 is 1.12 bits per heavy atom. The first-order chi connectivity index (χ1) is 15.7. The van der Waals surface area contributed by atoms with E-state index in [1.807, 2.05) is 12.1 Å². The largest absolute Gasteiger partial charge is 0.379 e. The SMILES string of the molecule is CCn1cc(C(CC(=O)NCCCN2CCOCC2)c2ccc(F)cc2)c2ccccc21. The number of halogens is 1. The number of rotatable bonds is 9. The van der Waals surface area contributed by atoms with Gasteiger partial charge in [0.1, 0.15) is 5.82 Å². The summed E-state index contributed by atoms with van der Waals surface area (Å²) in [5.74, 6) is -0.377. The minimum atomic E-state index is -0.268. The number of ether oxygens (including phenoxy) is 1. The van der Waals surface area contributed by atoms with Crippen LogP contribution in [0.5, 0.6) is 0 Å². The van der Waals surface area contributed by atoms with Crippen molar-refractivity contribution in [1.29, 1.82) is 0 Å². The molecule has 1 fully saturated rings. The highest BCUT2D eigenvalue weighted by Gasteiger charge is 2.22. The zero-order valence-corrected chi connectivity index (χ0v) is 18.7. The van der Waals surface area contributed by atoms with Crippen LogP contribution in [-0.4, -0.2) is 54.8 Å². The van der Waals surface area contributed by atoms with E-state index in [4.69, 9.17) is 4.74 Å². The Bertz CT molecular complexity index is 1030. The fraction of sp³-hybridized carbons (Fsp3) is 0.423. The summed E-state index contributed by atoms with van der Waals surface area (Å²) in [5.41, 5.74) is 3.22. The van der Waals surface area contributed by atoms with Gasteiger partial charge in [0.2, 0.25) is 5.91 Å². The predicted octanol–water partition coefficient (Wildman–Crippen LogP) is 4.16. The van der Waals surface area contributed by atoms with Crippen molar-refractivity contribution in [3.8, 4) is 0 Å². The maximum absolute atomic E-state index is 13.6. The van der Waals surface area contributed by atoms with Crippen LogP contribution in [-0.2, 0) is 16.1 Å². The van der Waals surface area contributed by atoms with E-state index in [1.165, 1.54) is 12.1 Å². The van der Waals surface area contributed by atoms with E-state index in [-0.39, 0.29) is 17.6 Å². The molecule has 0 bridgehead atoms. The predicted molar refractivity (Wildman–Crippen MR) is 125 cm³/mol. The number of aryl methyl sites for hydroxylation is 1. The molecular weight excluding hydrogens is 405 g/mol. The van der Waals surface area contributed by atoms with Gasteiger partial charge in [-0.3, -0.25) is 9.69 Å². The molecule has 1 aliphatic rings. The summed E-state index contributed by atoms with van der Waals surface area (Å²) in [5, 5.41) is 4.24. The zero-order chi connectivity index (χ0) is 22.3. The van der Waals surface area contributed by atoms with Gasteiger partial charge in [-0.15, -0.1) is 0 Å². The number of para-hydroxylation sites is 1. The zero-order valence-electron chi connectivity index (χ0n) is 18.7. The van der Waals surface area contributed by atoms with Crippen LogP contribution < -0.4 is 5.32 Å². The third-order valence-electron chi connectivity index (χ3n) is 6.27. The van der Waals surface area contributed by atoms with E-state index in [2.05, 4.69) is 40.0 Å². The molecule has 3 aromatic rings. The van der Waals surface area contributed by atoms with Gasteiger partial charge in [-0.05, 0) is 49.2 Å². The van der Waals surface area contributed by atoms with Gasteiger partial charge in [-0.2, -0.15) is 0 Å². The summed E-state index contributed by atoms with van der Waals surface area (Å²) in [6.07, 6.45) is 3.40. The van der Waals surface area contributed by atoms with Gasteiger partial charge >= 0.3 is 0 Å². The molecule has 0 radical (unpaired) electrons. The van der Waals surface area contributed by atoms with E-state index >= 15 is 0 Å². The lowest BCUT2D eigenvalue weighted by molar-refractivity contribution is -0.121. The second-order valence-electron chi connectivity index (χ2n) is 8.35. The molecule has 1 aromatic heterocycles. The van der Waals surface area contributed by atoms with Gasteiger partial charge in [-0.25, -0.2) is 4.39 Å². The number of hydrogen-bond donors (Lipinski definition) is 1. The van der Waals surface area contributed by atoms with Gasteiger partial charge in [0, 0.05) is 55.6 Å². The Hall–Kier alpha value is -2.70. The van der Waals surface area contributed by atoms with Crippen molar-refractivity contribution < 1.29 is 13.9 Å². The first-order valence-electron chi connectivity index (χ1n) is 11.6. The fourth-order valence-electron chi connectivity index (χ4n) is 4.53. The van der Waals surface area contributed by atoms with Crippen molar-refractivity contribution in [3.05, 3.63) is 71.7 Å². The third kappa shape index (κ3) is 5.37. The molecule has 1 unspecified atom stereocenters. The number of hydrogen-bond acceptors (Lipinski definition) is 3. The van der Waals surface area contributed by atoms with E-state index in [9.17, 15) is 9.18 Å². The lowest BCUT2D eigenvalue weighted by atomic mass is 9.88. The molecule has 1 atom stereocenters. The van der Waals surface area contributed by atoms with Gasteiger partial charge in [0.05, 0.1) is 13.2 Å². The third-order valence-corrected chi connectivity index (χ3v) is 6.27. The van der Waals surface area contributed by atoms with Crippen molar-refractivity contribution in [1.82, 2.24) is 14.8 Å². The van der Waals surface area contributed by atoms with Crippen molar-refractivity contribution in [2.45, 2.75) is 32.2 Å². The van der Waals surface area contributed by atoms with E-state index in [1.54, 1.807) is 12.1 Å².